The van der Waals surface area contributed by atoms with E-state index in [1.54, 1.807) is 6.07 Å². The van der Waals surface area contributed by atoms with Gasteiger partial charge in [0.2, 0.25) is 5.91 Å². The van der Waals surface area contributed by atoms with Crippen LogP contribution in [0.15, 0.2) is 24.3 Å². The van der Waals surface area contributed by atoms with Crippen molar-refractivity contribution in [3.63, 3.8) is 0 Å². The minimum atomic E-state index is -0.120. The second-order valence-electron chi connectivity index (χ2n) is 3.16. The minimum Gasteiger partial charge on any atom is -0.369 e. The quantitative estimate of drug-likeness (QED) is 0.765. The molecule has 1 heterocycles. The molecule has 1 amide bonds. The molecular weight excluding hydrogens is 202 g/mol. The van der Waals surface area contributed by atoms with Crippen LogP contribution in [-0.2, 0) is 9.53 Å². The lowest BCUT2D eigenvalue weighted by molar-refractivity contribution is -0.131. The van der Waals surface area contributed by atoms with E-state index in [0.29, 0.717) is 11.6 Å². The molecule has 4 heteroatoms. The summed E-state index contributed by atoms with van der Waals surface area (Å²) in [5.41, 5.74) is 0.905. The van der Waals surface area contributed by atoms with Crippen LogP contribution >= 0.6 is 11.6 Å². The Morgan fingerprint density at radius 3 is 2.93 bits per heavy atom. The summed E-state index contributed by atoms with van der Waals surface area (Å²) in [5, 5.41) is 3.48. The Labute approximate surface area is 87.0 Å². The van der Waals surface area contributed by atoms with Crippen molar-refractivity contribution in [3.05, 3.63) is 34.9 Å². The molecule has 1 N–H and O–H groups in total. The van der Waals surface area contributed by atoms with Crippen LogP contribution in [0, 0.1) is 0 Å². The van der Waals surface area contributed by atoms with Crippen LogP contribution in [0.3, 0.4) is 0 Å². The zero-order chi connectivity index (χ0) is 9.97. The number of carbonyl (C=O) groups excluding carboxylic acids is 1. The molecule has 1 atom stereocenters. The van der Waals surface area contributed by atoms with Gasteiger partial charge in [-0.2, -0.15) is 0 Å². The Balaban J connectivity index is 2.22. The summed E-state index contributed by atoms with van der Waals surface area (Å²) >= 11 is 6.00. The third kappa shape index (κ3) is 1.89. The monoisotopic (exact) mass is 211 g/mol. The molecule has 1 saturated heterocycles. The first-order valence-corrected chi connectivity index (χ1v) is 4.76. The van der Waals surface area contributed by atoms with Gasteiger partial charge in [-0.25, -0.2) is 0 Å². The number of ether oxygens (including phenoxy) is 1. The number of morpholine rings is 1. The molecule has 1 aliphatic heterocycles. The van der Waals surface area contributed by atoms with Crippen molar-refractivity contribution < 1.29 is 9.53 Å². The summed E-state index contributed by atoms with van der Waals surface area (Å²) in [5.74, 6) is -0.0961. The number of halogens is 1. The lowest BCUT2D eigenvalue weighted by Crippen LogP contribution is -2.39. The summed E-state index contributed by atoms with van der Waals surface area (Å²) < 4.78 is 5.13. The molecule has 1 aromatic rings. The standard InChI is InChI=1S/C10H10ClNO2/c11-8-4-2-1-3-7(8)9-5-14-6-10(13)12-9/h1-4,9H,5-6H2,(H,12,13)/t9-/m1/s1. The van der Waals surface area contributed by atoms with Crippen LogP contribution in [0.2, 0.25) is 5.02 Å². The van der Waals surface area contributed by atoms with Gasteiger partial charge in [-0.15, -0.1) is 0 Å². The highest BCUT2D eigenvalue weighted by Gasteiger charge is 2.21. The summed E-state index contributed by atoms with van der Waals surface area (Å²) in [6.07, 6.45) is 0. The smallest absolute Gasteiger partial charge is 0.246 e. The van der Waals surface area contributed by atoms with Gasteiger partial charge in [0, 0.05) is 5.02 Å². The van der Waals surface area contributed by atoms with E-state index in [2.05, 4.69) is 5.32 Å². The molecule has 0 bridgehead atoms. The minimum absolute atomic E-state index is 0.0961. The van der Waals surface area contributed by atoms with Gasteiger partial charge in [0.1, 0.15) is 6.61 Å². The number of nitrogens with one attached hydrogen (secondary N) is 1. The fourth-order valence-corrected chi connectivity index (χ4v) is 1.74. The van der Waals surface area contributed by atoms with Crippen molar-refractivity contribution in [2.24, 2.45) is 0 Å². The van der Waals surface area contributed by atoms with Crippen LogP contribution in [0.4, 0.5) is 0 Å². The molecule has 2 rings (SSSR count). The Morgan fingerprint density at radius 2 is 2.21 bits per heavy atom. The predicted octanol–water partition coefficient (Wildman–Crippen LogP) is 1.53. The molecule has 0 spiro atoms. The lowest BCUT2D eigenvalue weighted by atomic mass is 10.1. The van der Waals surface area contributed by atoms with E-state index < -0.39 is 0 Å². The summed E-state index contributed by atoms with van der Waals surface area (Å²) in [4.78, 5) is 11.1. The van der Waals surface area contributed by atoms with E-state index in [9.17, 15) is 4.79 Å². The molecule has 1 fully saturated rings. The molecule has 0 unspecified atom stereocenters. The molecule has 1 aliphatic rings. The normalized spacial score (nSPS) is 21.8. The SMILES string of the molecule is O=C1COC[C@H](c2ccccc2Cl)N1. The molecule has 74 valence electrons. The number of carbonyl (C=O) groups is 1. The predicted molar refractivity (Wildman–Crippen MR) is 53.2 cm³/mol. The zero-order valence-electron chi connectivity index (χ0n) is 7.50. The van der Waals surface area contributed by atoms with Gasteiger partial charge in [0.15, 0.2) is 0 Å². The Bertz CT molecular complexity index is 354. The van der Waals surface area contributed by atoms with Crippen molar-refractivity contribution in [1.82, 2.24) is 5.32 Å². The van der Waals surface area contributed by atoms with E-state index in [1.165, 1.54) is 0 Å². The third-order valence-corrected chi connectivity index (χ3v) is 2.48. The largest absolute Gasteiger partial charge is 0.369 e. The van der Waals surface area contributed by atoms with Crippen molar-refractivity contribution in [3.8, 4) is 0 Å². The highest BCUT2D eigenvalue weighted by molar-refractivity contribution is 6.31. The van der Waals surface area contributed by atoms with Crippen LogP contribution in [-0.4, -0.2) is 19.1 Å². The molecule has 3 nitrogen and oxygen atoms in total. The van der Waals surface area contributed by atoms with E-state index in [1.807, 2.05) is 18.2 Å². The number of benzene rings is 1. The molecular formula is C10H10ClNO2. The van der Waals surface area contributed by atoms with Crippen LogP contribution in [0.25, 0.3) is 0 Å². The fraction of sp³-hybridized carbons (Fsp3) is 0.300. The Morgan fingerprint density at radius 1 is 1.43 bits per heavy atom. The van der Waals surface area contributed by atoms with Crippen LogP contribution in [0.1, 0.15) is 11.6 Å². The van der Waals surface area contributed by atoms with Gasteiger partial charge in [-0.1, -0.05) is 29.8 Å². The van der Waals surface area contributed by atoms with Crippen molar-refractivity contribution in [1.29, 1.82) is 0 Å². The lowest BCUT2D eigenvalue weighted by Gasteiger charge is -2.24. The first-order valence-electron chi connectivity index (χ1n) is 4.39. The van der Waals surface area contributed by atoms with Crippen LogP contribution < -0.4 is 5.32 Å². The highest BCUT2D eigenvalue weighted by Crippen LogP contribution is 2.23. The number of hydrogen-bond donors (Lipinski definition) is 1. The zero-order valence-corrected chi connectivity index (χ0v) is 8.25. The van der Waals surface area contributed by atoms with Gasteiger partial charge in [0.05, 0.1) is 12.6 Å². The number of rotatable bonds is 1. The van der Waals surface area contributed by atoms with Crippen LogP contribution in [0.5, 0.6) is 0 Å². The average Bonchev–Trinajstić information content (AvgIpc) is 2.18. The summed E-state index contributed by atoms with van der Waals surface area (Å²) in [7, 11) is 0. The van der Waals surface area contributed by atoms with E-state index in [0.717, 1.165) is 5.56 Å². The molecule has 14 heavy (non-hydrogen) atoms. The Hall–Kier alpha value is -1.06. The van der Waals surface area contributed by atoms with Gasteiger partial charge in [0.25, 0.3) is 0 Å². The van der Waals surface area contributed by atoms with E-state index >= 15 is 0 Å². The first-order chi connectivity index (χ1) is 6.77. The van der Waals surface area contributed by atoms with Gasteiger partial charge in [-0.05, 0) is 11.6 Å². The van der Waals surface area contributed by atoms with E-state index in [-0.39, 0.29) is 18.6 Å². The van der Waals surface area contributed by atoms with Crippen molar-refractivity contribution >= 4 is 17.5 Å². The van der Waals surface area contributed by atoms with Crippen molar-refractivity contribution in [2.45, 2.75) is 6.04 Å². The maximum Gasteiger partial charge on any atom is 0.246 e. The molecule has 0 radical (unpaired) electrons. The molecule has 0 aromatic heterocycles. The van der Waals surface area contributed by atoms with Gasteiger partial charge >= 0.3 is 0 Å². The maximum absolute atomic E-state index is 11.1. The van der Waals surface area contributed by atoms with Gasteiger partial charge in [-0.3, -0.25) is 4.79 Å². The maximum atomic E-state index is 11.1. The number of amides is 1. The van der Waals surface area contributed by atoms with E-state index in [4.69, 9.17) is 16.3 Å². The fourth-order valence-electron chi connectivity index (χ4n) is 1.47. The third-order valence-electron chi connectivity index (χ3n) is 2.13. The molecule has 1 aromatic carbocycles. The number of hydrogen-bond acceptors (Lipinski definition) is 2. The second-order valence-corrected chi connectivity index (χ2v) is 3.56. The Kier molecular flexibility index (Phi) is 2.70. The van der Waals surface area contributed by atoms with Gasteiger partial charge < -0.3 is 10.1 Å². The summed E-state index contributed by atoms with van der Waals surface area (Å²) in [6, 6.07) is 7.32. The highest BCUT2D eigenvalue weighted by atomic mass is 35.5. The van der Waals surface area contributed by atoms with Crippen molar-refractivity contribution in [2.75, 3.05) is 13.2 Å². The first kappa shape index (κ1) is 9.49. The molecule has 0 aliphatic carbocycles. The average molecular weight is 212 g/mol. The molecule has 0 saturated carbocycles. The summed E-state index contributed by atoms with van der Waals surface area (Å²) in [6.45, 7) is 0.621. The second kappa shape index (κ2) is 3.98. The topological polar surface area (TPSA) is 38.3 Å².